The first-order chi connectivity index (χ1) is 12.3. The fourth-order valence-electron chi connectivity index (χ4n) is 2.46. The Hall–Kier alpha value is -2.31. The Morgan fingerprint density at radius 1 is 1.23 bits per heavy atom. The molecule has 1 aromatic rings. The lowest BCUT2D eigenvalue weighted by Gasteiger charge is -2.17. The summed E-state index contributed by atoms with van der Waals surface area (Å²) in [4.78, 5) is 24.1. The van der Waals surface area contributed by atoms with Gasteiger partial charge >= 0.3 is 12.1 Å². The molecule has 144 valence electrons. The molecule has 26 heavy (non-hydrogen) atoms. The molecule has 0 aliphatic rings. The zero-order valence-electron chi connectivity index (χ0n) is 14.8. The second-order valence-electron chi connectivity index (χ2n) is 5.91. The van der Waals surface area contributed by atoms with Crippen molar-refractivity contribution in [1.29, 1.82) is 0 Å². The summed E-state index contributed by atoms with van der Waals surface area (Å²) in [5.41, 5.74) is -1.07. The molecule has 7 heteroatoms. The topological polar surface area (TPSA) is 55.4 Å². The SMILES string of the molecule is C=CCCCCCC[C@@H](NC(=O)c1cccc(C(F)(F)F)c1)C(=O)OC. The lowest BCUT2D eigenvalue weighted by Crippen LogP contribution is -2.41. The van der Waals surface area contributed by atoms with Crippen LogP contribution in [0, 0.1) is 0 Å². The van der Waals surface area contributed by atoms with Gasteiger partial charge in [-0.3, -0.25) is 4.79 Å². The second kappa shape index (κ2) is 10.6. The summed E-state index contributed by atoms with van der Waals surface area (Å²) in [5, 5.41) is 2.47. The van der Waals surface area contributed by atoms with Gasteiger partial charge < -0.3 is 10.1 Å². The van der Waals surface area contributed by atoms with Crippen molar-refractivity contribution >= 4 is 11.9 Å². The number of amides is 1. The fraction of sp³-hybridized carbons (Fsp3) is 0.474. The Kier molecular flexibility index (Phi) is 8.88. The van der Waals surface area contributed by atoms with E-state index in [1.165, 1.54) is 13.2 Å². The van der Waals surface area contributed by atoms with E-state index in [-0.39, 0.29) is 5.56 Å². The van der Waals surface area contributed by atoms with E-state index in [0.717, 1.165) is 43.9 Å². The smallest absolute Gasteiger partial charge is 0.416 e. The molecule has 0 heterocycles. The number of halogens is 3. The molecule has 0 aromatic heterocycles. The molecule has 0 unspecified atom stereocenters. The van der Waals surface area contributed by atoms with E-state index in [1.807, 2.05) is 6.08 Å². The van der Waals surface area contributed by atoms with Crippen LogP contribution in [0.2, 0.25) is 0 Å². The van der Waals surface area contributed by atoms with Crippen molar-refractivity contribution in [2.45, 2.75) is 50.7 Å². The van der Waals surface area contributed by atoms with Crippen LogP contribution in [0.3, 0.4) is 0 Å². The van der Waals surface area contributed by atoms with E-state index in [2.05, 4.69) is 16.6 Å². The number of rotatable bonds is 10. The van der Waals surface area contributed by atoms with Crippen LogP contribution < -0.4 is 5.32 Å². The van der Waals surface area contributed by atoms with E-state index in [9.17, 15) is 22.8 Å². The van der Waals surface area contributed by atoms with Crippen molar-refractivity contribution in [2.75, 3.05) is 7.11 Å². The van der Waals surface area contributed by atoms with Crippen LogP contribution in [0.5, 0.6) is 0 Å². The lowest BCUT2D eigenvalue weighted by atomic mass is 10.0. The molecule has 4 nitrogen and oxygen atoms in total. The minimum Gasteiger partial charge on any atom is -0.467 e. The number of unbranched alkanes of at least 4 members (excludes halogenated alkanes) is 4. The Bertz CT molecular complexity index is 614. The molecule has 0 aliphatic heterocycles. The minimum atomic E-state index is -4.54. The van der Waals surface area contributed by atoms with Crippen molar-refractivity contribution in [2.24, 2.45) is 0 Å². The summed E-state index contributed by atoms with van der Waals surface area (Å²) in [6, 6.07) is 3.19. The van der Waals surface area contributed by atoms with Gasteiger partial charge in [-0.05, 0) is 37.5 Å². The van der Waals surface area contributed by atoms with Crippen LogP contribution in [0.1, 0.15) is 54.4 Å². The summed E-state index contributed by atoms with van der Waals surface area (Å²) >= 11 is 0. The zero-order chi connectivity index (χ0) is 19.6. The molecule has 0 saturated carbocycles. The molecule has 0 radical (unpaired) electrons. The number of methoxy groups -OCH3 is 1. The first-order valence-electron chi connectivity index (χ1n) is 8.46. The van der Waals surface area contributed by atoms with Crippen molar-refractivity contribution in [3.05, 3.63) is 48.0 Å². The quantitative estimate of drug-likeness (QED) is 0.374. The van der Waals surface area contributed by atoms with Crippen molar-refractivity contribution in [3.63, 3.8) is 0 Å². The number of ether oxygens (including phenoxy) is 1. The number of hydrogen-bond donors (Lipinski definition) is 1. The summed E-state index contributed by atoms with van der Waals surface area (Å²) in [6.07, 6.45) is 2.14. The van der Waals surface area contributed by atoms with Crippen LogP contribution in [0.15, 0.2) is 36.9 Å². The van der Waals surface area contributed by atoms with Gasteiger partial charge in [0.25, 0.3) is 5.91 Å². The Balaban J connectivity index is 2.68. The third kappa shape index (κ3) is 7.29. The van der Waals surface area contributed by atoms with Crippen molar-refractivity contribution in [3.8, 4) is 0 Å². The normalized spacial score (nSPS) is 12.3. The maximum absolute atomic E-state index is 12.8. The molecule has 0 fully saturated rings. The molecule has 1 aromatic carbocycles. The highest BCUT2D eigenvalue weighted by atomic mass is 19.4. The zero-order valence-corrected chi connectivity index (χ0v) is 14.8. The van der Waals surface area contributed by atoms with E-state index in [0.29, 0.717) is 12.8 Å². The van der Waals surface area contributed by atoms with Gasteiger partial charge in [0, 0.05) is 5.56 Å². The average Bonchev–Trinajstić information content (AvgIpc) is 2.62. The number of hydrogen-bond acceptors (Lipinski definition) is 3. The number of allylic oxidation sites excluding steroid dienone is 1. The Labute approximate surface area is 151 Å². The van der Waals surface area contributed by atoms with Gasteiger partial charge in [-0.15, -0.1) is 6.58 Å². The molecule has 0 bridgehead atoms. The fourth-order valence-corrected chi connectivity index (χ4v) is 2.46. The molecule has 1 N–H and O–H groups in total. The maximum atomic E-state index is 12.8. The molecular weight excluding hydrogens is 347 g/mol. The highest BCUT2D eigenvalue weighted by Gasteiger charge is 2.31. The standard InChI is InChI=1S/C19H24F3NO3/c1-3-4-5-6-7-8-12-16(18(25)26-2)23-17(24)14-10-9-11-15(13-14)19(20,21)22/h3,9-11,13,16H,1,4-8,12H2,2H3,(H,23,24)/t16-/m1/s1. The number of alkyl halides is 3. The van der Waals surface area contributed by atoms with Gasteiger partial charge in [-0.2, -0.15) is 13.2 Å². The van der Waals surface area contributed by atoms with Gasteiger partial charge in [0.1, 0.15) is 6.04 Å². The number of carbonyl (C=O) groups is 2. The van der Waals surface area contributed by atoms with E-state index < -0.39 is 29.7 Å². The van der Waals surface area contributed by atoms with Crippen LogP contribution in [0.25, 0.3) is 0 Å². The third-order valence-corrected chi connectivity index (χ3v) is 3.89. The molecule has 1 rings (SSSR count). The molecule has 0 spiro atoms. The molecule has 0 aliphatic carbocycles. The van der Waals surface area contributed by atoms with Crippen LogP contribution in [-0.4, -0.2) is 25.0 Å². The number of carbonyl (C=O) groups excluding carboxylic acids is 2. The maximum Gasteiger partial charge on any atom is 0.416 e. The Morgan fingerprint density at radius 2 is 1.92 bits per heavy atom. The summed E-state index contributed by atoms with van der Waals surface area (Å²) in [6.45, 7) is 3.64. The summed E-state index contributed by atoms with van der Waals surface area (Å²) in [7, 11) is 1.20. The molecular formula is C19H24F3NO3. The molecule has 0 saturated heterocycles. The first-order valence-corrected chi connectivity index (χ1v) is 8.46. The van der Waals surface area contributed by atoms with Gasteiger partial charge in [0.05, 0.1) is 12.7 Å². The average molecular weight is 371 g/mol. The third-order valence-electron chi connectivity index (χ3n) is 3.89. The largest absolute Gasteiger partial charge is 0.467 e. The van der Waals surface area contributed by atoms with Crippen LogP contribution in [0.4, 0.5) is 13.2 Å². The van der Waals surface area contributed by atoms with Crippen molar-refractivity contribution in [1.82, 2.24) is 5.32 Å². The van der Waals surface area contributed by atoms with Crippen LogP contribution >= 0.6 is 0 Å². The molecule has 1 atom stereocenters. The predicted molar refractivity (Wildman–Crippen MR) is 92.6 cm³/mol. The predicted octanol–water partition coefficient (Wildman–Crippen LogP) is 4.50. The van der Waals surface area contributed by atoms with Crippen LogP contribution in [-0.2, 0) is 15.7 Å². The number of nitrogens with one attached hydrogen (secondary N) is 1. The monoisotopic (exact) mass is 371 g/mol. The highest BCUT2D eigenvalue weighted by molar-refractivity contribution is 5.96. The highest BCUT2D eigenvalue weighted by Crippen LogP contribution is 2.29. The minimum absolute atomic E-state index is 0.153. The number of benzene rings is 1. The van der Waals surface area contributed by atoms with E-state index >= 15 is 0 Å². The second-order valence-corrected chi connectivity index (χ2v) is 5.91. The summed E-state index contributed by atoms with van der Waals surface area (Å²) in [5.74, 6) is -1.35. The van der Waals surface area contributed by atoms with E-state index in [4.69, 9.17) is 0 Å². The van der Waals surface area contributed by atoms with Crippen molar-refractivity contribution < 1.29 is 27.5 Å². The molecule has 1 amide bonds. The van der Waals surface area contributed by atoms with Gasteiger partial charge in [0.15, 0.2) is 0 Å². The Morgan fingerprint density at radius 3 is 2.54 bits per heavy atom. The summed E-state index contributed by atoms with van der Waals surface area (Å²) < 4.78 is 43.0. The first kappa shape index (κ1) is 21.7. The van der Waals surface area contributed by atoms with Gasteiger partial charge in [0.2, 0.25) is 0 Å². The van der Waals surface area contributed by atoms with Gasteiger partial charge in [-0.1, -0.05) is 31.4 Å². The van der Waals surface area contributed by atoms with Gasteiger partial charge in [-0.25, -0.2) is 4.79 Å². The number of esters is 1. The lowest BCUT2D eigenvalue weighted by molar-refractivity contribution is -0.143. The van der Waals surface area contributed by atoms with E-state index in [1.54, 1.807) is 0 Å².